The Balaban J connectivity index is 1.80. The second kappa shape index (κ2) is 7.92. The molecule has 0 saturated heterocycles. The van der Waals surface area contributed by atoms with E-state index in [1.54, 1.807) is 13.0 Å². The zero-order valence-electron chi connectivity index (χ0n) is 16.0. The quantitative estimate of drug-likeness (QED) is 0.870. The van der Waals surface area contributed by atoms with Gasteiger partial charge in [0.25, 0.3) is 0 Å². The molecule has 1 aliphatic heterocycles. The molecule has 0 amide bonds. The molecule has 0 radical (unpaired) electrons. The molecule has 146 valence electrons. The van der Waals surface area contributed by atoms with E-state index in [4.69, 9.17) is 4.74 Å². The Hall–Kier alpha value is -2.02. The minimum Gasteiger partial charge on any atom is -0.492 e. The van der Waals surface area contributed by atoms with E-state index in [2.05, 4.69) is 4.90 Å². The maximum atomic E-state index is 13.5. The molecule has 2 aromatic carbocycles. The van der Waals surface area contributed by atoms with Crippen LogP contribution in [0.3, 0.4) is 0 Å². The number of likely N-dealkylation sites (N-methyl/N-ethyl adjacent to an activating group) is 1. The largest absolute Gasteiger partial charge is 0.492 e. The van der Waals surface area contributed by atoms with Crippen molar-refractivity contribution in [1.82, 2.24) is 9.80 Å². The Kier molecular flexibility index (Phi) is 5.79. The van der Waals surface area contributed by atoms with Crippen molar-refractivity contribution >= 4 is 0 Å². The van der Waals surface area contributed by atoms with Gasteiger partial charge in [-0.2, -0.15) is 0 Å². The van der Waals surface area contributed by atoms with Gasteiger partial charge in [0.2, 0.25) is 0 Å². The minimum atomic E-state index is -0.976. The van der Waals surface area contributed by atoms with Gasteiger partial charge in [-0.3, -0.25) is 4.90 Å². The van der Waals surface area contributed by atoms with Gasteiger partial charge in [-0.05, 0) is 56.4 Å². The van der Waals surface area contributed by atoms with Crippen LogP contribution in [0.1, 0.15) is 23.6 Å². The standard InChI is InChI=1S/C21H26F2N2O2/c1-21(26,14-24(2)3)17-5-7-20-16(11-17)13-25(8-9-27-20)12-15-4-6-18(22)19(23)10-15/h4-7,10-11,26H,8-9,12-14H2,1-3H3/t21-/m0/s1. The van der Waals surface area contributed by atoms with Gasteiger partial charge in [0.05, 0.1) is 5.60 Å². The molecule has 2 aromatic rings. The molecule has 0 bridgehead atoms. The molecular formula is C21H26F2N2O2. The monoisotopic (exact) mass is 376 g/mol. The Morgan fingerprint density at radius 1 is 1.15 bits per heavy atom. The van der Waals surface area contributed by atoms with Gasteiger partial charge in [-0.15, -0.1) is 0 Å². The summed E-state index contributed by atoms with van der Waals surface area (Å²) in [5.41, 5.74) is 1.54. The lowest BCUT2D eigenvalue weighted by atomic mass is 9.93. The number of fused-ring (bicyclic) bond motifs is 1. The Labute approximate surface area is 159 Å². The Bertz CT molecular complexity index is 809. The number of hydrogen-bond acceptors (Lipinski definition) is 4. The number of ether oxygens (including phenoxy) is 1. The van der Waals surface area contributed by atoms with Crippen molar-refractivity contribution in [3.63, 3.8) is 0 Å². The average molecular weight is 376 g/mol. The van der Waals surface area contributed by atoms with Crippen LogP contribution in [-0.2, 0) is 18.7 Å². The van der Waals surface area contributed by atoms with Gasteiger partial charge in [0.15, 0.2) is 11.6 Å². The number of nitrogens with zero attached hydrogens (tertiary/aromatic N) is 2. The van der Waals surface area contributed by atoms with Gasteiger partial charge in [0.1, 0.15) is 12.4 Å². The van der Waals surface area contributed by atoms with Crippen LogP contribution in [0, 0.1) is 11.6 Å². The average Bonchev–Trinajstić information content (AvgIpc) is 2.78. The molecule has 0 fully saturated rings. The van der Waals surface area contributed by atoms with Crippen molar-refractivity contribution in [3.05, 3.63) is 64.7 Å². The highest BCUT2D eigenvalue weighted by Gasteiger charge is 2.26. The summed E-state index contributed by atoms with van der Waals surface area (Å²) < 4.78 is 32.5. The van der Waals surface area contributed by atoms with E-state index >= 15 is 0 Å². The predicted octanol–water partition coefficient (Wildman–Crippen LogP) is 3.13. The molecule has 0 aromatic heterocycles. The fraction of sp³-hybridized carbons (Fsp3) is 0.429. The molecule has 0 unspecified atom stereocenters. The third kappa shape index (κ3) is 4.83. The SMILES string of the molecule is CN(C)C[C@](C)(O)c1ccc2c(c1)CN(Cc1ccc(F)c(F)c1)CCO2. The van der Waals surface area contributed by atoms with Crippen LogP contribution in [-0.4, -0.2) is 48.7 Å². The van der Waals surface area contributed by atoms with Crippen molar-refractivity contribution in [2.45, 2.75) is 25.6 Å². The lowest BCUT2D eigenvalue weighted by Gasteiger charge is -2.28. The molecule has 1 atom stereocenters. The molecule has 1 aliphatic rings. The fourth-order valence-electron chi connectivity index (χ4n) is 3.52. The molecule has 1 heterocycles. The van der Waals surface area contributed by atoms with Crippen LogP contribution in [0.2, 0.25) is 0 Å². The predicted molar refractivity (Wildman–Crippen MR) is 101 cm³/mol. The summed E-state index contributed by atoms with van der Waals surface area (Å²) >= 11 is 0. The van der Waals surface area contributed by atoms with Crippen LogP contribution in [0.15, 0.2) is 36.4 Å². The number of halogens is 2. The van der Waals surface area contributed by atoms with Gasteiger partial charge in [-0.1, -0.05) is 12.1 Å². The highest BCUT2D eigenvalue weighted by atomic mass is 19.2. The van der Waals surface area contributed by atoms with Gasteiger partial charge >= 0.3 is 0 Å². The van der Waals surface area contributed by atoms with E-state index in [9.17, 15) is 13.9 Å². The summed E-state index contributed by atoms with van der Waals surface area (Å²) in [7, 11) is 3.84. The molecule has 0 saturated carbocycles. The van der Waals surface area contributed by atoms with Gasteiger partial charge in [0, 0.05) is 31.7 Å². The first-order chi connectivity index (χ1) is 12.7. The highest BCUT2D eigenvalue weighted by molar-refractivity contribution is 5.40. The lowest BCUT2D eigenvalue weighted by Crippen LogP contribution is -2.34. The second-order valence-corrected chi connectivity index (χ2v) is 7.64. The summed E-state index contributed by atoms with van der Waals surface area (Å²) in [6, 6.07) is 9.76. The third-order valence-electron chi connectivity index (χ3n) is 4.76. The molecule has 0 aliphatic carbocycles. The van der Waals surface area contributed by atoms with E-state index in [1.165, 1.54) is 6.07 Å². The van der Waals surface area contributed by atoms with Crippen LogP contribution in [0.5, 0.6) is 5.75 Å². The van der Waals surface area contributed by atoms with E-state index in [1.807, 2.05) is 37.2 Å². The van der Waals surface area contributed by atoms with Gasteiger partial charge in [-0.25, -0.2) is 8.78 Å². The van der Waals surface area contributed by atoms with Crippen LogP contribution >= 0.6 is 0 Å². The van der Waals surface area contributed by atoms with Gasteiger partial charge < -0.3 is 14.7 Å². The van der Waals surface area contributed by atoms with E-state index in [0.29, 0.717) is 38.3 Å². The number of rotatable bonds is 5. The fourth-order valence-corrected chi connectivity index (χ4v) is 3.52. The normalized spacial score (nSPS) is 17.1. The zero-order chi connectivity index (χ0) is 19.6. The van der Waals surface area contributed by atoms with E-state index < -0.39 is 17.2 Å². The van der Waals surface area contributed by atoms with E-state index in [0.717, 1.165) is 22.9 Å². The van der Waals surface area contributed by atoms with Crippen LogP contribution in [0.25, 0.3) is 0 Å². The van der Waals surface area contributed by atoms with Crippen molar-refractivity contribution < 1.29 is 18.6 Å². The summed E-state index contributed by atoms with van der Waals surface area (Å²) in [6.07, 6.45) is 0. The van der Waals surface area contributed by atoms with Crippen molar-refractivity contribution in [3.8, 4) is 5.75 Å². The Morgan fingerprint density at radius 3 is 2.63 bits per heavy atom. The topological polar surface area (TPSA) is 35.9 Å². The number of hydrogen-bond donors (Lipinski definition) is 1. The molecule has 0 spiro atoms. The number of benzene rings is 2. The molecule has 6 heteroatoms. The smallest absolute Gasteiger partial charge is 0.159 e. The minimum absolute atomic E-state index is 0.498. The molecule has 27 heavy (non-hydrogen) atoms. The molecule has 1 N–H and O–H groups in total. The molecule has 3 rings (SSSR count). The third-order valence-corrected chi connectivity index (χ3v) is 4.76. The first kappa shape index (κ1) is 19.7. The summed E-state index contributed by atoms with van der Waals surface area (Å²) in [5.74, 6) is -0.871. The summed E-state index contributed by atoms with van der Waals surface area (Å²) in [5, 5.41) is 10.8. The number of aliphatic hydroxyl groups is 1. The zero-order valence-corrected chi connectivity index (χ0v) is 16.0. The van der Waals surface area contributed by atoms with Crippen molar-refractivity contribution in [2.75, 3.05) is 33.8 Å². The highest BCUT2D eigenvalue weighted by Crippen LogP contribution is 2.30. The van der Waals surface area contributed by atoms with Crippen LogP contribution in [0.4, 0.5) is 8.78 Å². The molecular weight excluding hydrogens is 350 g/mol. The molecule has 4 nitrogen and oxygen atoms in total. The van der Waals surface area contributed by atoms with Crippen LogP contribution < -0.4 is 4.74 Å². The first-order valence-corrected chi connectivity index (χ1v) is 9.04. The van der Waals surface area contributed by atoms with Crippen molar-refractivity contribution in [2.24, 2.45) is 0 Å². The van der Waals surface area contributed by atoms with Crippen molar-refractivity contribution in [1.29, 1.82) is 0 Å². The maximum Gasteiger partial charge on any atom is 0.159 e. The summed E-state index contributed by atoms with van der Waals surface area (Å²) in [4.78, 5) is 4.07. The van der Waals surface area contributed by atoms with E-state index in [-0.39, 0.29) is 0 Å². The Morgan fingerprint density at radius 2 is 1.93 bits per heavy atom. The summed E-state index contributed by atoms with van der Waals surface area (Å²) in [6.45, 7) is 4.61. The first-order valence-electron chi connectivity index (χ1n) is 9.04. The maximum absolute atomic E-state index is 13.5. The lowest BCUT2D eigenvalue weighted by molar-refractivity contribution is 0.0299. The second-order valence-electron chi connectivity index (χ2n) is 7.64.